The summed E-state index contributed by atoms with van der Waals surface area (Å²) in [4.78, 5) is 25.7. The van der Waals surface area contributed by atoms with E-state index in [1.165, 1.54) is 25.7 Å². The maximum atomic E-state index is 12.3. The smallest absolute Gasteiger partial charge is 0.407 e. The zero-order chi connectivity index (χ0) is 19.4. The number of nitrogens with one attached hydrogen (secondary N) is 1. The molecule has 0 aromatic rings. The molecule has 0 spiro atoms. The second kappa shape index (κ2) is 11.8. The molecule has 0 aliphatic carbocycles. The molecule has 1 rings (SSSR count). The lowest BCUT2D eigenvalue weighted by Crippen LogP contribution is -2.36. The number of amides is 2. The molecule has 1 N–H and O–H groups in total. The van der Waals surface area contributed by atoms with E-state index in [4.69, 9.17) is 4.74 Å². The van der Waals surface area contributed by atoms with Crippen LogP contribution in [0, 0.1) is 11.8 Å². The Morgan fingerprint density at radius 3 is 2.58 bits per heavy atom. The lowest BCUT2D eigenvalue weighted by atomic mass is 10.1. The van der Waals surface area contributed by atoms with Crippen molar-refractivity contribution in [2.24, 2.45) is 0 Å². The topological polar surface area (TPSA) is 58.6 Å². The van der Waals surface area contributed by atoms with Crippen LogP contribution in [0.15, 0.2) is 0 Å². The molecule has 1 atom stereocenters. The highest BCUT2D eigenvalue weighted by molar-refractivity contribution is 5.85. The molecular formula is C20H36N3O3+. The second-order valence-electron chi connectivity index (χ2n) is 7.94. The van der Waals surface area contributed by atoms with Crippen LogP contribution in [0.2, 0.25) is 0 Å². The molecule has 0 radical (unpaired) electrons. The zero-order valence-electron chi connectivity index (χ0n) is 17.0. The molecule has 1 aliphatic rings. The summed E-state index contributed by atoms with van der Waals surface area (Å²) in [5.41, 5.74) is 0. The highest BCUT2D eigenvalue weighted by Crippen LogP contribution is 2.14. The van der Waals surface area contributed by atoms with Gasteiger partial charge in [-0.3, -0.25) is 4.79 Å². The first-order chi connectivity index (χ1) is 12.3. The van der Waals surface area contributed by atoms with E-state index in [-0.39, 0.29) is 5.91 Å². The van der Waals surface area contributed by atoms with Gasteiger partial charge in [-0.15, -0.1) is 0 Å². The SMILES string of the molecule is CCCCCCCCNC(=O)OC1CCN(CC#CC[N+](C)(C)C)C1=O. The Labute approximate surface area is 158 Å². The first-order valence-electron chi connectivity index (χ1n) is 9.83. The van der Waals surface area contributed by atoms with Crippen LogP contribution in [0.5, 0.6) is 0 Å². The molecular weight excluding hydrogens is 330 g/mol. The number of carbonyl (C=O) groups is 2. The molecule has 1 saturated heterocycles. The lowest BCUT2D eigenvalue weighted by molar-refractivity contribution is -0.862. The van der Waals surface area contributed by atoms with Gasteiger partial charge in [0.2, 0.25) is 0 Å². The molecule has 6 nitrogen and oxygen atoms in total. The largest absolute Gasteiger partial charge is 0.436 e. The van der Waals surface area contributed by atoms with Crippen LogP contribution < -0.4 is 5.32 Å². The average Bonchev–Trinajstić information content (AvgIpc) is 2.90. The Morgan fingerprint density at radius 1 is 1.19 bits per heavy atom. The Hall–Kier alpha value is -1.74. The quantitative estimate of drug-likeness (QED) is 0.367. The lowest BCUT2D eigenvalue weighted by Gasteiger charge is -2.20. The fourth-order valence-corrected chi connectivity index (χ4v) is 2.69. The number of quaternary nitrogens is 1. The van der Waals surface area contributed by atoms with Crippen LogP contribution >= 0.6 is 0 Å². The van der Waals surface area contributed by atoms with E-state index in [0.29, 0.717) is 26.1 Å². The second-order valence-corrected chi connectivity index (χ2v) is 7.94. The van der Waals surface area contributed by atoms with Gasteiger partial charge in [0.15, 0.2) is 6.10 Å². The molecule has 1 unspecified atom stereocenters. The van der Waals surface area contributed by atoms with Gasteiger partial charge in [-0.25, -0.2) is 4.79 Å². The van der Waals surface area contributed by atoms with Crippen molar-refractivity contribution < 1.29 is 18.8 Å². The summed E-state index contributed by atoms with van der Waals surface area (Å²) in [5, 5.41) is 2.74. The molecule has 0 aromatic carbocycles. The van der Waals surface area contributed by atoms with Gasteiger partial charge in [-0.05, 0) is 12.3 Å². The number of nitrogens with zero attached hydrogens (tertiary/aromatic N) is 2. The van der Waals surface area contributed by atoms with Crippen molar-refractivity contribution in [3.8, 4) is 11.8 Å². The predicted octanol–water partition coefficient (Wildman–Crippen LogP) is 2.38. The van der Waals surface area contributed by atoms with Gasteiger partial charge in [0.1, 0.15) is 6.54 Å². The number of alkyl carbamates (subject to hydrolysis) is 1. The minimum atomic E-state index is -0.667. The van der Waals surface area contributed by atoms with E-state index in [9.17, 15) is 9.59 Å². The molecule has 1 heterocycles. The number of rotatable bonds is 10. The van der Waals surface area contributed by atoms with E-state index < -0.39 is 12.2 Å². The van der Waals surface area contributed by atoms with Gasteiger partial charge >= 0.3 is 6.09 Å². The van der Waals surface area contributed by atoms with Gasteiger partial charge in [0.25, 0.3) is 5.91 Å². The first kappa shape index (κ1) is 22.3. The fraction of sp³-hybridized carbons (Fsp3) is 0.800. The van der Waals surface area contributed by atoms with Crippen LogP contribution in [-0.2, 0) is 9.53 Å². The summed E-state index contributed by atoms with van der Waals surface area (Å²) in [6.07, 6.45) is 6.41. The highest BCUT2D eigenvalue weighted by Gasteiger charge is 2.34. The Kier molecular flexibility index (Phi) is 10.1. The van der Waals surface area contributed by atoms with E-state index in [0.717, 1.165) is 23.9 Å². The van der Waals surface area contributed by atoms with E-state index in [1.54, 1.807) is 4.90 Å². The van der Waals surface area contributed by atoms with Crippen molar-refractivity contribution >= 4 is 12.0 Å². The van der Waals surface area contributed by atoms with Gasteiger partial charge in [0, 0.05) is 19.5 Å². The number of unbranched alkanes of at least 4 members (excludes halogenated alkanes) is 5. The Balaban J connectivity index is 2.19. The standard InChI is InChI=1S/C20H35N3O3/c1-5-6-7-8-9-10-14-21-20(25)26-18-13-16-22(19(18)24)15-11-12-17-23(2,3)4/h18H,5-10,13-17H2,1-4H3/p+1. The van der Waals surface area contributed by atoms with Gasteiger partial charge in [0.05, 0.1) is 27.7 Å². The Bertz CT molecular complexity index is 503. The third-order valence-corrected chi connectivity index (χ3v) is 4.25. The maximum Gasteiger partial charge on any atom is 0.407 e. The maximum absolute atomic E-state index is 12.3. The molecule has 148 valence electrons. The van der Waals surface area contributed by atoms with Crippen molar-refractivity contribution in [3.05, 3.63) is 0 Å². The van der Waals surface area contributed by atoms with Gasteiger partial charge in [-0.2, -0.15) is 0 Å². The number of ether oxygens (including phenoxy) is 1. The third kappa shape index (κ3) is 9.67. The summed E-state index contributed by atoms with van der Waals surface area (Å²) in [7, 11) is 6.22. The first-order valence-corrected chi connectivity index (χ1v) is 9.83. The minimum absolute atomic E-state index is 0.140. The number of hydrogen-bond acceptors (Lipinski definition) is 3. The minimum Gasteiger partial charge on any atom is -0.436 e. The van der Waals surface area contributed by atoms with Gasteiger partial charge < -0.3 is 19.4 Å². The summed E-state index contributed by atoms with van der Waals surface area (Å²) in [6.45, 7) is 4.53. The number of hydrogen-bond donors (Lipinski definition) is 1. The zero-order valence-corrected chi connectivity index (χ0v) is 17.0. The number of carbonyl (C=O) groups excluding carboxylic acids is 2. The monoisotopic (exact) mass is 366 g/mol. The van der Waals surface area contributed by atoms with E-state index in [2.05, 4.69) is 45.2 Å². The molecule has 0 bridgehead atoms. The van der Waals surface area contributed by atoms with Crippen LogP contribution in [0.4, 0.5) is 4.79 Å². The van der Waals surface area contributed by atoms with Gasteiger partial charge in [-0.1, -0.05) is 44.9 Å². The molecule has 0 saturated carbocycles. The van der Waals surface area contributed by atoms with Crippen molar-refractivity contribution in [2.75, 3.05) is 47.3 Å². The van der Waals surface area contributed by atoms with Crippen molar-refractivity contribution in [3.63, 3.8) is 0 Å². The highest BCUT2D eigenvalue weighted by atomic mass is 16.6. The third-order valence-electron chi connectivity index (χ3n) is 4.25. The van der Waals surface area contributed by atoms with E-state index >= 15 is 0 Å². The van der Waals surface area contributed by atoms with E-state index in [1.807, 2.05) is 0 Å². The van der Waals surface area contributed by atoms with Crippen LogP contribution in [-0.4, -0.2) is 74.8 Å². The van der Waals surface area contributed by atoms with Crippen LogP contribution in [0.1, 0.15) is 51.9 Å². The molecule has 1 fully saturated rings. The molecule has 2 amide bonds. The van der Waals surface area contributed by atoms with Crippen molar-refractivity contribution in [1.82, 2.24) is 10.2 Å². The van der Waals surface area contributed by atoms with Crippen LogP contribution in [0.3, 0.4) is 0 Å². The predicted molar refractivity (Wildman–Crippen MR) is 104 cm³/mol. The normalized spacial score (nSPS) is 17.0. The summed E-state index contributed by atoms with van der Waals surface area (Å²) in [6, 6.07) is 0. The summed E-state index contributed by atoms with van der Waals surface area (Å²) in [5.74, 6) is 5.98. The number of likely N-dealkylation sites (tertiary alicyclic amines) is 1. The fourth-order valence-electron chi connectivity index (χ4n) is 2.69. The molecule has 1 aliphatic heterocycles. The van der Waals surface area contributed by atoms with Crippen LogP contribution in [0.25, 0.3) is 0 Å². The summed E-state index contributed by atoms with van der Waals surface area (Å²) < 4.78 is 6.04. The average molecular weight is 367 g/mol. The summed E-state index contributed by atoms with van der Waals surface area (Å²) >= 11 is 0. The van der Waals surface area contributed by atoms with Crippen molar-refractivity contribution in [1.29, 1.82) is 0 Å². The molecule has 26 heavy (non-hydrogen) atoms. The molecule has 6 heteroatoms. The van der Waals surface area contributed by atoms with Crippen molar-refractivity contribution in [2.45, 2.75) is 58.0 Å². The Morgan fingerprint density at radius 2 is 1.88 bits per heavy atom. The molecule has 0 aromatic heterocycles.